The Balaban J connectivity index is 1.67. The van der Waals surface area contributed by atoms with Crippen LogP contribution in [0.4, 0.5) is 0 Å². The van der Waals surface area contributed by atoms with Gasteiger partial charge in [-0.2, -0.15) is 0 Å². The summed E-state index contributed by atoms with van der Waals surface area (Å²) in [4.78, 5) is 2.45. The van der Waals surface area contributed by atoms with Gasteiger partial charge < -0.3 is 9.88 Å². The Hall–Kier alpha value is -1.72. The molecular weight excluding hydrogens is 250 g/mol. The van der Waals surface area contributed by atoms with Crippen LogP contribution in [0.2, 0.25) is 0 Å². The highest BCUT2D eigenvalue weighted by Gasteiger charge is 2.13. The summed E-state index contributed by atoms with van der Waals surface area (Å²) in [5.41, 5.74) is 1.28. The molecule has 0 unspecified atom stereocenters. The first-order chi connectivity index (χ1) is 9.92. The molecule has 1 fully saturated rings. The van der Waals surface area contributed by atoms with E-state index in [0.29, 0.717) is 0 Å². The van der Waals surface area contributed by atoms with Crippen LogP contribution < -0.4 is 5.32 Å². The summed E-state index contributed by atoms with van der Waals surface area (Å²) in [6.45, 7) is 6.12. The molecule has 2 heterocycles. The molecule has 0 spiro atoms. The fourth-order valence-corrected chi connectivity index (χ4v) is 2.57. The molecule has 1 aliphatic rings. The minimum atomic E-state index is 0.843. The lowest BCUT2D eigenvalue weighted by molar-refractivity contribution is 0.273. The third-order valence-electron chi connectivity index (χ3n) is 3.69. The summed E-state index contributed by atoms with van der Waals surface area (Å²) in [7, 11) is 0. The Morgan fingerprint density at radius 2 is 1.95 bits per heavy atom. The molecule has 0 amide bonds. The molecule has 106 valence electrons. The monoisotopic (exact) mass is 271 g/mol. The maximum absolute atomic E-state index is 4.29. The van der Waals surface area contributed by atoms with Gasteiger partial charge in [0.1, 0.15) is 12.2 Å². The fourth-order valence-electron chi connectivity index (χ4n) is 2.57. The van der Waals surface area contributed by atoms with Crippen molar-refractivity contribution in [3.8, 4) is 0 Å². The first-order valence-corrected chi connectivity index (χ1v) is 7.25. The van der Waals surface area contributed by atoms with Gasteiger partial charge in [0.25, 0.3) is 0 Å². The van der Waals surface area contributed by atoms with Crippen LogP contribution in [-0.4, -0.2) is 45.8 Å². The molecule has 2 aromatic rings. The van der Waals surface area contributed by atoms with Crippen molar-refractivity contribution in [2.75, 3.05) is 26.2 Å². The average molecular weight is 271 g/mol. The van der Waals surface area contributed by atoms with Gasteiger partial charge in [-0.05, 0) is 25.1 Å². The smallest absolute Gasteiger partial charge is 0.147 e. The van der Waals surface area contributed by atoms with E-state index < -0.39 is 0 Å². The van der Waals surface area contributed by atoms with Crippen LogP contribution in [0.3, 0.4) is 0 Å². The van der Waals surface area contributed by atoms with E-state index in [0.717, 1.165) is 45.1 Å². The maximum Gasteiger partial charge on any atom is 0.147 e. The van der Waals surface area contributed by atoms with Crippen LogP contribution in [0, 0.1) is 0 Å². The molecule has 1 aromatic carbocycles. The van der Waals surface area contributed by atoms with Crippen molar-refractivity contribution in [2.24, 2.45) is 0 Å². The van der Waals surface area contributed by atoms with E-state index in [4.69, 9.17) is 0 Å². The minimum absolute atomic E-state index is 0.843. The molecule has 5 nitrogen and oxygen atoms in total. The number of nitrogens with zero attached hydrogens (tertiary/aromatic N) is 4. The Morgan fingerprint density at radius 1 is 1.05 bits per heavy atom. The number of nitrogens with one attached hydrogen (secondary N) is 1. The topological polar surface area (TPSA) is 46.0 Å². The second kappa shape index (κ2) is 6.63. The molecule has 0 bridgehead atoms. The predicted octanol–water partition coefficient (Wildman–Crippen LogP) is 1.12. The third kappa shape index (κ3) is 3.43. The van der Waals surface area contributed by atoms with Crippen molar-refractivity contribution < 1.29 is 0 Å². The average Bonchev–Trinajstić information content (AvgIpc) is 2.74. The van der Waals surface area contributed by atoms with Crippen molar-refractivity contribution in [2.45, 2.75) is 19.5 Å². The van der Waals surface area contributed by atoms with E-state index in [1.54, 1.807) is 0 Å². The van der Waals surface area contributed by atoms with E-state index in [1.807, 2.05) is 12.4 Å². The largest absolute Gasteiger partial charge is 0.315 e. The minimum Gasteiger partial charge on any atom is -0.315 e. The summed E-state index contributed by atoms with van der Waals surface area (Å²) in [5, 5.41) is 11.8. The third-order valence-corrected chi connectivity index (χ3v) is 3.69. The molecule has 0 radical (unpaired) electrons. The van der Waals surface area contributed by atoms with Gasteiger partial charge in [0.15, 0.2) is 0 Å². The Kier molecular flexibility index (Phi) is 4.40. The zero-order chi connectivity index (χ0) is 13.6. The second-order valence-corrected chi connectivity index (χ2v) is 5.24. The quantitative estimate of drug-likeness (QED) is 0.905. The van der Waals surface area contributed by atoms with Crippen molar-refractivity contribution >= 4 is 0 Å². The zero-order valence-corrected chi connectivity index (χ0v) is 11.7. The van der Waals surface area contributed by atoms with Gasteiger partial charge in [0, 0.05) is 13.1 Å². The van der Waals surface area contributed by atoms with Gasteiger partial charge in [-0.1, -0.05) is 30.3 Å². The van der Waals surface area contributed by atoms with Crippen LogP contribution in [-0.2, 0) is 13.1 Å². The fraction of sp³-hybridized carbons (Fsp3) is 0.467. The van der Waals surface area contributed by atoms with E-state index in [9.17, 15) is 0 Å². The van der Waals surface area contributed by atoms with Crippen LogP contribution in [0.25, 0.3) is 0 Å². The lowest BCUT2D eigenvalue weighted by Gasteiger charge is -2.19. The zero-order valence-electron chi connectivity index (χ0n) is 11.7. The molecule has 1 aliphatic heterocycles. The molecule has 1 aromatic heterocycles. The molecule has 1 N–H and O–H groups in total. The number of hydrogen-bond acceptors (Lipinski definition) is 4. The Bertz CT molecular complexity index is 514. The Morgan fingerprint density at radius 3 is 2.85 bits per heavy atom. The van der Waals surface area contributed by atoms with Crippen LogP contribution >= 0.6 is 0 Å². The van der Waals surface area contributed by atoms with Gasteiger partial charge in [-0.25, -0.2) is 0 Å². The van der Waals surface area contributed by atoms with Gasteiger partial charge in [-0.15, -0.1) is 10.2 Å². The molecule has 20 heavy (non-hydrogen) atoms. The van der Waals surface area contributed by atoms with Crippen LogP contribution in [0.5, 0.6) is 0 Å². The summed E-state index contributed by atoms with van der Waals surface area (Å²) in [6.07, 6.45) is 3.03. The summed E-state index contributed by atoms with van der Waals surface area (Å²) < 4.78 is 2.15. The molecule has 0 saturated carbocycles. The lowest BCUT2D eigenvalue weighted by Crippen LogP contribution is -2.29. The van der Waals surface area contributed by atoms with Gasteiger partial charge in [-0.3, -0.25) is 4.90 Å². The summed E-state index contributed by atoms with van der Waals surface area (Å²) in [5.74, 6) is 1.05. The van der Waals surface area contributed by atoms with E-state index in [2.05, 4.69) is 49.2 Å². The molecule has 0 atom stereocenters. The molecular formula is C15H21N5. The molecule has 1 saturated heterocycles. The molecule has 3 rings (SSSR count). The predicted molar refractivity (Wildman–Crippen MR) is 78.3 cm³/mol. The summed E-state index contributed by atoms with van der Waals surface area (Å²) in [6, 6.07) is 10.5. The van der Waals surface area contributed by atoms with E-state index in [-0.39, 0.29) is 0 Å². The summed E-state index contributed by atoms with van der Waals surface area (Å²) >= 11 is 0. The van der Waals surface area contributed by atoms with Crippen molar-refractivity contribution in [3.63, 3.8) is 0 Å². The number of hydrogen-bond donors (Lipinski definition) is 1. The molecule has 0 aliphatic carbocycles. The van der Waals surface area contributed by atoms with Crippen LogP contribution in [0.15, 0.2) is 36.7 Å². The van der Waals surface area contributed by atoms with Crippen molar-refractivity contribution in [3.05, 3.63) is 48.0 Å². The molecule has 5 heteroatoms. The standard InChI is InChI=1S/C15H21N5/c1-2-5-14(6-3-1)11-20-13-17-18-15(20)12-19-9-4-7-16-8-10-19/h1-3,5-6,13,16H,4,7-12H2. The highest BCUT2D eigenvalue weighted by atomic mass is 15.3. The van der Waals surface area contributed by atoms with Gasteiger partial charge in [0.05, 0.1) is 13.1 Å². The number of rotatable bonds is 4. The van der Waals surface area contributed by atoms with E-state index >= 15 is 0 Å². The highest BCUT2D eigenvalue weighted by Crippen LogP contribution is 2.07. The Labute approximate surface area is 119 Å². The first-order valence-electron chi connectivity index (χ1n) is 7.25. The normalized spacial score (nSPS) is 17.0. The number of aromatic nitrogens is 3. The van der Waals surface area contributed by atoms with Gasteiger partial charge >= 0.3 is 0 Å². The number of benzene rings is 1. The maximum atomic E-state index is 4.29. The van der Waals surface area contributed by atoms with Crippen molar-refractivity contribution in [1.82, 2.24) is 25.0 Å². The second-order valence-electron chi connectivity index (χ2n) is 5.24. The van der Waals surface area contributed by atoms with Gasteiger partial charge in [0.2, 0.25) is 0 Å². The van der Waals surface area contributed by atoms with E-state index in [1.165, 1.54) is 12.0 Å². The lowest BCUT2D eigenvalue weighted by atomic mass is 10.2. The highest BCUT2D eigenvalue weighted by molar-refractivity contribution is 5.15. The SMILES string of the molecule is c1ccc(Cn2cnnc2CN2CCCNCC2)cc1. The van der Waals surface area contributed by atoms with Crippen molar-refractivity contribution in [1.29, 1.82) is 0 Å². The first kappa shape index (κ1) is 13.3. The van der Waals surface area contributed by atoms with Crippen LogP contribution in [0.1, 0.15) is 17.8 Å².